The van der Waals surface area contributed by atoms with E-state index in [0.717, 1.165) is 40.2 Å². The molecule has 0 unspecified atom stereocenters. The van der Waals surface area contributed by atoms with E-state index in [9.17, 15) is 4.79 Å². The minimum atomic E-state index is -0.151. The number of para-hydroxylation sites is 1. The highest BCUT2D eigenvalue weighted by atomic mass is 16.5. The number of rotatable bonds is 4. The van der Waals surface area contributed by atoms with Crippen molar-refractivity contribution in [1.29, 1.82) is 0 Å². The summed E-state index contributed by atoms with van der Waals surface area (Å²) in [6, 6.07) is 11.6. The Balaban J connectivity index is 1.60. The van der Waals surface area contributed by atoms with Gasteiger partial charge in [0.1, 0.15) is 17.3 Å². The highest BCUT2D eigenvalue weighted by Gasteiger charge is 2.26. The molecular formula is C25H26N4O3. The molecule has 0 saturated heterocycles. The molecule has 1 amide bonds. The zero-order chi connectivity index (χ0) is 22.4. The van der Waals surface area contributed by atoms with E-state index in [1.54, 1.807) is 6.20 Å². The molecular weight excluding hydrogens is 404 g/mol. The summed E-state index contributed by atoms with van der Waals surface area (Å²) in [5.41, 5.74) is 3.82. The number of hydrogen-bond donors (Lipinski definition) is 1. The molecule has 7 nitrogen and oxygen atoms in total. The number of hydrogen-bond acceptors (Lipinski definition) is 5. The lowest BCUT2D eigenvalue weighted by molar-refractivity contribution is 0.0926. The summed E-state index contributed by atoms with van der Waals surface area (Å²) in [5, 5.41) is 8.46. The van der Waals surface area contributed by atoms with Crippen LogP contribution in [-0.2, 0) is 0 Å². The molecule has 4 aromatic rings. The van der Waals surface area contributed by atoms with Crippen molar-refractivity contribution in [3.63, 3.8) is 0 Å². The Hall–Kier alpha value is -3.61. The van der Waals surface area contributed by atoms with Gasteiger partial charge < -0.3 is 14.5 Å². The van der Waals surface area contributed by atoms with Crippen molar-refractivity contribution in [3.05, 3.63) is 65.2 Å². The van der Waals surface area contributed by atoms with E-state index in [2.05, 4.69) is 10.4 Å². The summed E-state index contributed by atoms with van der Waals surface area (Å²) in [6.07, 6.45) is 2.45. The molecule has 1 atom stereocenters. The van der Waals surface area contributed by atoms with Gasteiger partial charge in [0, 0.05) is 23.6 Å². The van der Waals surface area contributed by atoms with Crippen LogP contribution >= 0.6 is 0 Å². The topological polar surface area (TPSA) is 82.2 Å². The fourth-order valence-electron chi connectivity index (χ4n) is 4.33. The van der Waals surface area contributed by atoms with Crippen molar-refractivity contribution in [2.45, 2.75) is 46.2 Å². The molecule has 1 aromatic carbocycles. The molecule has 0 spiro atoms. The maximum absolute atomic E-state index is 13.5. The van der Waals surface area contributed by atoms with E-state index in [0.29, 0.717) is 23.5 Å². The number of amides is 1. The molecule has 1 aliphatic rings. The van der Waals surface area contributed by atoms with Crippen LogP contribution in [-0.4, -0.2) is 27.3 Å². The molecule has 4 heterocycles. The normalized spacial score (nSPS) is 15.6. The Bertz CT molecular complexity index is 1320. The van der Waals surface area contributed by atoms with Gasteiger partial charge >= 0.3 is 0 Å². The highest BCUT2D eigenvalue weighted by molar-refractivity contribution is 6.06. The van der Waals surface area contributed by atoms with Crippen molar-refractivity contribution in [3.8, 4) is 17.0 Å². The van der Waals surface area contributed by atoms with Crippen molar-refractivity contribution in [1.82, 2.24) is 20.1 Å². The SMILES string of the molecule is Cc1cc(-c2cc(C(=O)N[C@@H]3CCOc4ccccc43)c3cnn(C(C)C)c3n2)c(C)o1. The summed E-state index contributed by atoms with van der Waals surface area (Å²) in [7, 11) is 0. The lowest BCUT2D eigenvalue weighted by Crippen LogP contribution is -2.32. The molecule has 3 aromatic heterocycles. The van der Waals surface area contributed by atoms with Gasteiger partial charge in [0.25, 0.3) is 5.91 Å². The number of nitrogens with zero attached hydrogens (tertiary/aromatic N) is 3. The van der Waals surface area contributed by atoms with Gasteiger partial charge in [0.15, 0.2) is 5.65 Å². The minimum Gasteiger partial charge on any atom is -0.493 e. The predicted octanol–water partition coefficient (Wildman–Crippen LogP) is 5.14. The quantitative estimate of drug-likeness (QED) is 0.485. The van der Waals surface area contributed by atoms with Crippen LogP contribution in [0, 0.1) is 13.8 Å². The zero-order valence-corrected chi connectivity index (χ0v) is 18.7. The third-order valence-electron chi connectivity index (χ3n) is 5.88. The third kappa shape index (κ3) is 3.43. The van der Waals surface area contributed by atoms with Crippen LogP contribution < -0.4 is 10.1 Å². The van der Waals surface area contributed by atoms with Crippen LogP contribution in [0.15, 0.2) is 47.0 Å². The van der Waals surface area contributed by atoms with Crippen molar-refractivity contribution >= 4 is 16.9 Å². The fraction of sp³-hybridized carbons (Fsp3) is 0.320. The number of ether oxygens (including phenoxy) is 1. The van der Waals surface area contributed by atoms with E-state index in [1.807, 2.05) is 68.8 Å². The van der Waals surface area contributed by atoms with E-state index < -0.39 is 0 Å². The Labute approximate surface area is 186 Å². The number of aryl methyl sites for hydroxylation is 2. The molecule has 0 fully saturated rings. The van der Waals surface area contributed by atoms with E-state index in [1.165, 1.54) is 0 Å². The maximum Gasteiger partial charge on any atom is 0.252 e. The first kappa shape index (κ1) is 20.3. The molecule has 32 heavy (non-hydrogen) atoms. The number of aromatic nitrogens is 3. The molecule has 0 saturated carbocycles. The number of furan rings is 1. The number of benzene rings is 1. The second kappa shape index (κ2) is 7.82. The van der Waals surface area contributed by atoms with Crippen molar-refractivity contribution in [2.75, 3.05) is 6.61 Å². The Kier molecular flexibility index (Phi) is 4.96. The van der Waals surface area contributed by atoms with Crippen molar-refractivity contribution < 1.29 is 13.9 Å². The van der Waals surface area contributed by atoms with Crippen LogP contribution in [0.3, 0.4) is 0 Å². The number of fused-ring (bicyclic) bond motifs is 2. The Morgan fingerprint density at radius 3 is 2.78 bits per heavy atom. The monoisotopic (exact) mass is 430 g/mol. The molecule has 0 bridgehead atoms. The van der Waals surface area contributed by atoms with Crippen LogP contribution in [0.25, 0.3) is 22.3 Å². The van der Waals surface area contributed by atoms with Crippen molar-refractivity contribution in [2.24, 2.45) is 0 Å². The number of nitrogens with one attached hydrogen (secondary N) is 1. The van der Waals surface area contributed by atoms with Gasteiger partial charge in [0.05, 0.1) is 35.5 Å². The van der Waals surface area contributed by atoms with E-state index in [-0.39, 0.29) is 18.0 Å². The van der Waals surface area contributed by atoms with Crippen LogP contribution in [0.4, 0.5) is 0 Å². The number of carbonyl (C=O) groups excluding carboxylic acids is 1. The Morgan fingerprint density at radius 2 is 2.03 bits per heavy atom. The summed E-state index contributed by atoms with van der Waals surface area (Å²) in [4.78, 5) is 18.4. The van der Waals surface area contributed by atoms with Gasteiger partial charge in [-0.15, -0.1) is 0 Å². The number of pyridine rings is 1. The lowest BCUT2D eigenvalue weighted by atomic mass is 9.99. The largest absolute Gasteiger partial charge is 0.493 e. The molecule has 1 aliphatic heterocycles. The van der Waals surface area contributed by atoms with Crippen LogP contribution in [0.2, 0.25) is 0 Å². The smallest absolute Gasteiger partial charge is 0.252 e. The minimum absolute atomic E-state index is 0.112. The molecule has 1 N–H and O–H groups in total. The molecule has 0 radical (unpaired) electrons. The van der Waals surface area contributed by atoms with Gasteiger partial charge in [0.2, 0.25) is 0 Å². The second-order valence-corrected chi connectivity index (χ2v) is 8.50. The fourth-order valence-corrected chi connectivity index (χ4v) is 4.33. The van der Waals surface area contributed by atoms with E-state index in [4.69, 9.17) is 14.1 Å². The average Bonchev–Trinajstić information content (AvgIpc) is 3.35. The molecule has 0 aliphatic carbocycles. The predicted molar refractivity (Wildman–Crippen MR) is 122 cm³/mol. The maximum atomic E-state index is 13.5. The molecule has 5 rings (SSSR count). The molecule has 164 valence electrons. The third-order valence-corrected chi connectivity index (χ3v) is 5.88. The molecule has 7 heteroatoms. The van der Waals surface area contributed by atoms with Gasteiger partial charge in [-0.25, -0.2) is 9.67 Å². The Morgan fingerprint density at radius 1 is 1.22 bits per heavy atom. The number of carbonyl (C=O) groups is 1. The first-order chi connectivity index (χ1) is 15.4. The lowest BCUT2D eigenvalue weighted by Gasteiger charge is -2.26. The standard InChI is InChI=1S/C25H26N4O3/c1-14(2)29-24-20(13-26-29)19(12-22(27-24)18-11-15(3)32-16(18)4)25(30)28-21-9-10-31-23-8-6-5-7-17(21)23/h5-8,11-14,21H,9-10H2,1-4H3,(H,28,30)/t21-/m1/s1. The highest BCUT2D eigenvalue weighted by Crippen LogP contribution is 2.33. The summed E-state index contributed by atoms with van der Waals surface area (Å²) < 4.78 is 13.3. The van der Waals surface area contributed by atoms with Crippen LogP contribution in [0.1, 0.15) is 59.8 Å². The van der Waals surface area contributed by atoms with Gasteiger partial charge in [-0.3, -0.25) is 4.79 Å². The van der Waals surface area contributed by atoms with Gasteiger partial charge in [-0.05, 0) is 45.9 Å². The van der Waals surface area contributed by atoms with E-state index >= 15 is 0 Å². The van der Waals surface area contributed by atoms with Gasteiger partial charge in [-0.1, -0.05) is 18.2 Å². The summed E-state index contributed by atoms with van der Waals surface area (Å²) in [6.45, 7) is 8.48. The van der Waals surface area contributed by atoms with Gasteiger partial charge in [-0.2, -0.15) is 5.10 Å². The van der Waals surface area contributed by atoms with Crippen LogP contribution in [0.5, 0.6) is 5.75 Å². The zero-order valence-electron chi connectivity index (χ0n) is 18.7. The first-order valence-corrected chi connectivity index (χ1v) is 10.9. The average molecular weight is 431 g/mol. The summed E-state index contributed by atoms with van der Waals surface area (Å²) in [5.74, 6) is 2.25. The second-order valence-electron chi connectivity index (χ2n) is 8.50. The summed E-state index contributed by atoms with van der Waals surface area (Å²) >= 11 is 0. The first-order valence-electron chi connectivity index (χ1n) is 10.9.